The third-order valence-corrected chi connectivity index (χ3v) is 3.25. The van der Waals surface area contributed by atoms with Crippen LogP contribution in [0.25, 0.3) is 0 Å². The van der Waals surface area contributed by atoms with E-state index in [9.17, 15) is 0 Å². The zero-order chi connectivity index (χ0) is 12.1. The number of hydrogen-bond donors (Lipinski definition) is 0. The minimum Gasteiger partial charge on any atom is -0.378 e. The molecule has 2 rings (SSSR count). The van der Waals surface area contributed by atoms with Gasteiger partial charge in [0.05, 0.1) is 6.10 Å². The van der Waals surface area contributed by atoms with E-state index in [1.54, 1.807) is 6.20 Å². The van der Waals surface area contributed by atoms with E-state index in [1.165, 1.54) is 19.3 Å². The first-order chi connectivity index (χ1) is 8.25. The lowest BCUT2D eigenvalue weighted by Crippen LogP contribution is -2.27. The van der Waals surface area contributed by atoms with Gasteiger partial charge in [-0.2, -0.15) is 0 Å². The number of aromatic nitrogens is 2. The first-order valence-corrected chi connectivity index (χ1v) is 6.45. The molecule has 0 aromatic carbocycles. The Hall–Kier alpha value is -0.870. The Kier molecular flexibility index (Phi) is 4.57. The second-order valence-electron chi connectivity index (χ2n) is 4.38. The lowest BCUT2D eigenvalue weighted by Gasteiger charge is -2.25. The van der Waals surface area contributed by atoms with Gasteiger partial charge in [0.15, 0.2) is 0 Å². The van der Waals surface area contributed by atoms with Gasteiger partial charge < -0.3 is 9.64 Å². The zero-order valence-corrected chi connectivity index (χ0v) is 10.9. The minimum atomic E-state index is 0.295. The van der Waals surface area contributed by atoms with Gasteiger partial charge in [-0.25, -0.2) is 9.97 Å². The van der Waals surface area contributed by atoms with E-state index in [-0.39, 0.29) is 0 Å². The van der Waals surface area contributed by atoms with Gasteiger partial charge in [0.1, 0.15) is 5.82 Å². The molecule has 0 amide bonds. The summed E-state index contributed by atoms with van der Waals surface area (Å²) >= 11 is 5.76. The van der Waals surface area contributed by atoms with Crippen molar-refractivity contribution in [3.63, 3.8) is 0 Å². The van der Waals surface area contributed by atoms with Crippen LogP contribution in [0.4, 0.5) is 5.82 Å². The predicted molar refractivity (Wildman–Crippen MR) is 68.5 cm³/mol. The van der Waals surface area contributed by atoms with Crippen LogP contribution >= 0.6 is 11.6 Å². The third-order valence-electron chi connectivity index (χ3n) is 3.06. The summed E-state index contributed by atoms with van der Waals surface area (Å²) in [4.78, 5) is 10.1. The minimum absolute atomic E-state index is 0.295. The maximum atomic E-state index is 5.76. The van der Waals surface area contributed by atoms with Gasteiger partial charge in [0.25, 0.3) is 0 Å². The van der Waals surface area contributed by atoms with Crippen LogP contribution in [0, 0.1) is 0 Å². The molecule has 1 aliphatic rings. The molecule has 4 nitrogen and oxygen atoms in total. The van der Waals surface area contributed by atoms with Crippen LogP contribution in [0.1, 0.15) is 25.7 Å². The van der Waals surface area contributed by atoms with Crippen molar-refractivity contribution >= 4 is 17.4 Å². The van der Waals surface area contributed by atoms with Crippen LogP contribution in [0.3, 0.4) is 0 Å². The molecular weight excluding hydrogens is 238 g/mol. The number of halogens is 1. The van der Waals surface area contributed by atoms with Crippen LogP contribution in [-0.4, -0.2) is 36.3 Å². The van der Waals surface area contributed by atoms with E-state index in [0.29, 0.717) is 11.4 Å². The van der Waals surface area contributed by atoms with E-state index in [1.807, 2.05) is 13.1 Å². The highest BCUT2D eigenvalue weighted by atomic mass is 35.5. The Morgan fingerprint density at radius 3 is 3.12 bits per heavy atom. The Morgan fingerprint density at radius 1 is 1.53 bits per heavy atom. The third kappa shape index (κ3) is 3.82. The summed E-state index contributed by atoms with van der Waals surface area (Å²) in [7, 11) is 2.02. The molecule has 0 N–H and O–H groups in total. The Morgan fingerprint density at radius 2 is 2.41 bits per heavy atom. The van der Waals surface area contributed by atoms with Crippen molar-refractivity contribution < 1.29 is 4.74 Å². The SMILES string of the molecule is CN(CC[C@H]1CCCCO1)c1ccnc(Cl)n1. The van der Waals surface area contributed by atoms with Gasteiger partial charge in [-0.3, -0.25) is 0 Å². The smallest absolute Gasteiger partial charge is 0.224 e. The average Bonchev–Trinajstić information content (AvgIpc) is 2.37. The van der Waals surface area contributed by atoms with Gasteiger partial charge in [0, 0.05) is 26.4 Å². The highest BCUT2D eigenvalue weighted by Gasteiger charge is 2.14. The molecule has 0 aliphatic carbocycles. The number of ether oxygens (including phenoxy) is 1. The molecule has 0 saturated carbocycles. The first-order valence-electron chi connectivity index (χ1n) is 6.07. The molecule has 5 heteroatoms. The highest BCUT2D eigenvalue weighted by molar-refractivity contribution is 6.28. The van der Waals surface area contributed by atoms with Gasteiger partial charge >= 0.3 is 0 Å². The van der Waals surface area contributed by atoms with Crippen molar-refractivity contribution in [1.82, 2.24) is 9.97 Å². The second kappa shape index (κ2) is 6.17. The molecular formula is C12H18ClN3O. The van der Waals surface area contributed by atoms with E-state index >= 15 is 0 Å². The second-order valence-corrected chi connectivity index (χ2v) is 4.72. The topological polar surface area (TPSA) is 38.2 Å². The highest BCUT2D eigenvalue weighted by Crippen LogP contribution is 2.17. The lowest BCUT2D eigenvalue weighted by atomic mass is 10.1. The van der Waals surface area contributed by atoms with E-state index in [2.05, 4.69) is 14.9 Å². The van der Waals surface area contributed by atoms with Crippen molar-refractivity contribution in [2.24, 2.45) is 0 Å². The van der Waals surface area contributed by atoms with Crippen molar-refractivity contribution in [1.29, 1.82) is 0 Å². The van der Waals surface area contributed by atoms with Gasteiger partial charge in [-0.1, -0.05) is 0 Å². The number of hydrogen-bond acceptors (Lipinski definition) is 4. The maximum Gasteiger partial charge on any atom is 0.224 e. The van der Waals surface area contributed by atoms with Crippen LogP contribution in [0.5, 0.6) is 0 Å². The molecule has 2 heterocycles. The Labute approximate surface area is 107 Å². The number of nitrogens with zero attached hydrogens (tertiary/aromatic N) is 3. The van der Waals surface area contributed by atoms with Crippen LogP contribution in [-0.2, 0) is 4.74 Å². The predicted octanol–water partition coefficient (Wildman–Crippen LogP) is 2.53. The molecule has 0 unspecified atom stereocenters. The standard InChI is InChI=1S/C12H18ClN3O/c1-16(11-5-7-14-12(13)15-11)8-6-10-4-2-3-9-17-10/h5,7,10H,2-4,6,8-9H2,1H3/t10-/m1/s1. The summed E-state index contributed by atoms with van der Waals surface area (Å²) in [5.41, 5.74) is 0. The zero-order valence-electron chi connectivity index (χ0n) is 10.1. The molecule has 1 aromatic rings. The number of rotatable bonds is 4. The van der Waals surface area contributed by atoms with Crippen LogP contribution < -0.4 is 4.90 Å². The van der Waals surface area contributed by atoms with Gasteiger partial charge in [-0.15, -0.1) is 0 Å². The van der Waals surface area contributed by atoms with Crippen molar-refractivity contribution in [2.45, 2.75) is 31.8 Å². The van der Waals surface area contributed by atoms with E-state index in [0.717, 1.165) is 25.4 Å². The first kappa shape index (κ1) is 12.6. The lowest BCUT2D eigenvalue weighted by molar-refractivity contribution is 0.0126. The summed E-state index contributed by atoms with van der Waals surface area (Å²) in [5.74, 6) is 0.862. The summed E-state index contributed by atoms with van der Waals surface area (Å²) in [5, 5.41) is 0.295. The maximum absolute atomic E-state index is 5.76. The molecule has 1 atom stereocenters. The molecule has 0 radical (unpaired) electrons. The fourth-order valence-electron chi connectivity index (χ4n) is 2.03. The summed E-state index contributed by atoms with van der Waals surface area (Å²) in [6.07, 6.45) is 6.79. The Bertz CT molecular complexity index is 355. The fraction of sp³-hybridized carbons (Fsp3) is 0.667. The molecule has 0 spiro atoms. The molecule has 1 saturated heterocycles. The molecule has 1 aromatic heterocycles. The normalized spacial score (nSPS) is 20.2. The van der Waals surface area contributed by atoms with Gasteiger partial charge in [0.2, 0.25) is 5.28 Å². The molecule has 1 fully saturated rings. The van der Waals surface area contributed by atoms with Crippen LogP contribution in [0.15, 0.2) is 12.3 Å². The van der Waals surface area contributed by atoms with Crippen molar-refractivity contribution in [3.05, 3.63) is 17.5 Å². The average molecular weight is 256 g/mol. The largest absolute Gasteiger partial charge is 0.378 e. The Balaban J connectivity index is 1.82. The van der Waals surface area contributed by atoms with E-state index in [4.69, 9.17) is 16.3 Å². The summed E-state index contributed by atoms with van der Waals surface area (Å²) < 4.78 is 5.70. The quantitative estimate of drug-likeness (QED) is 0.775. The summed E-state index contributed by atoms with van der Waals surface area (Å²) in [6, 6.07) is 1.87. The number of anilines is 1. The molecule has 17 heavy (non-hydrogen) atoms. The van der Waals surface area contributed by atoms with Gasteiger partial charge in [-0.05, 0) is 43.4 Å². The molecule has 94 valence electrons. The molecule has 1 aliphatic heterocycles. The van der Waals surface area contributed by atoms with E-state index < -0.39 is 0 Å². The van der Waals surface area contributed by atoms with Crippen molar-refractivity contribution in [3.8, 4) is 0 Å². The van der Waals surface area contributed by atoms with Crippen LogP contribution in [0.2, 0.25) is 5.28 Å². The summed E-state index contributed by atoms with van der Waals surface area (Å²) in [6.45, 7) is 1.84. The fourth-order valence-corrected chi connectivity index (χ4v) is 2.17. The monoisotopic (exact) mass is 255 g/mol. The molecule has 0 bridgehead atoms. The van der Waals surface area contributed by atoms with Crippen molar-refractivity contribution in [2.75, 3.05) is 25.1 Å².